The van der Waals surface area contributed by atoms with Crippen molar-refractivity contribution < 1.29 is 4.39 Å². The molecule has 2 N–H and O–H groups in total. The molecule has 20 heavy (non-hydrogen) atoms. The van der Waals surface area contributed by atoms with E-state index < -0.39 is 0 Å². The highest BCUT2D eigenvalue weighted by Crippen LogP contribution is 2.23. The number of fused-ring (bicyclic) bond motifs is 1. The van der Waals surface area contributed by atoms with E-state index in [4.69, 9.17) is 5.73 Å². The molecule has 0 bridgehead atoms. The lowest BCUT2D eigenvalue weighted by Gasteiger charge is -2.22. The van der Waals surface area contributed by atoms with Gasteiger partial charge in [-0.25, -0.2) is 9.37 Å². The molecule has 0 unspecified atom stereocenters. The molecule has 0 spiro atoms. The zero-order chi connectivity index (χ0) is 13.9. The molecule has 0 radical (unpaired) electrons. The van der Waals surface area contributed by atoms with Gasteiger partial charge < -0.3 is 10.6 Å². The van der Waals surface area contributed by atoms with Gasteiger partial charge in [-0.3, -0.25) is 0 Å². The number of rotatable bonds is 2. The smallest absolute Gasteiger partial charge is 0.170 e. The first kappa shape index (κ1) is 13.1. The summed E-state index contributed by atoms with van der Waals surface area (Å²) in [6.07, 6.45) is 3.48. The quantitative estimate of drug-likeness (QED) is 0.911. The number of anilines is 1. The zero-order valence-electron chi connectivity index (χ0n) is 11.3. The monoisotopic (exact) mass is 271 g/mol. The molecule has 0 amide bonds. The van der Waals surface area contributed by atoms with Crippen LogP contribution < -0.4 is 10.6 Å². The number of hydrogen-bond acceptors (Lipinski definition) is 3. The largest absolute Gasteiger partial charge is 0.354 e. The van der Waals surface area contributed by atoms with Crippen LogP contribution in [0.1, 0.15) is 16.7 Å². The third-order valence-corrected chi connectivity index (χ3v) is 3.89. The van der Waals surface area contributed by atoms with E-state index >= 15 is 0 Å². The fourth-order valence-corrected chi connectivity index (χ4v) is 2.73. The summed E-state index contributed by atoms with van der Waals surface area (Å²) in [5, 5.41) is 0. The summed E-state index contributed by atoms with van der Waals surface area (Å²) in [6, 6.07) is 10.1. The topological polar surface area (TPSA) is 42.1 Å². The van der Waals surface area contributed by atoms with Crippen molar-refractivity contribution in [1.29, 1.82) is 0 Å². The lowest BCUT2D eigenvalue weighted by molar-refractivity contribution is 0.593. The minimum atomic E-state index is -0.277. The van der Waals surface area contributed by atoms with Crippen LogP contribution in [0.3, 0.4) is 0 Å². The Kier molecular flexibility index (Phi) is 3.65. The minimum Gasteiger partial charge on any atom is -0.354 e. The van der Waals surface area contributed by atoms with Gasteiger partial charge in [0.2, 0.25) is 0 Å². The molecule has 3 rings (SSSR count). The molecular weight excluding hydrogens is 253 g/mol. The molecule has 0 saturated carbocycles. The van der Waals surface area contributed by atoms with E-state index in [9.17, 15) is 4.39 Å². The second-order valence-electron chi connectivity index (χ2n) is 5.07. The van der Waals surface area contributed by atoms with Crippen molar-refractivity contribution in [2.45, 2.75) is 19.4 Å². The highest BCUT2D eigenvalue weighted by atomic mass is 19.1. The van der Waals surface area contributed by atoms with Gasteiger partial charge in [0.25, 0.3) is 0 Å². The predicted octanol–water partition coefficient (Wildman–Crippen LogP) is 2.28. The number of nitrogens with two attached hydrogens (primary N) is 1. The molecule has 3 nitrogen and oxygen atoms in total. The average Bonchev–Trinajstić information content (AvgIpc) is 2.70. The summed E-state index contributed by atoms with van der Waals surface area (Å²) in [4.78, 5) is 6.23. The Balaban J connectivity index is 1.87. The van der Waals surface area contributed by atoms with Crippen LogP contribution in [0.4, 0.5) is 10.2 Å². The fraction of sp³-hybridized carbons (Fsp3) is 0.312. The second-order valence-corrected chi connectivity index (χ2v) is 5.07. The Bertz CT molecular complexity index is 585. The number of halogens is 1. The van der Waals surface area contributed by atoms with Gasteiger partial charge in [0, 0.05) is 31.4 Å². The van der Waals surface area contributed by atoms with Crippen molar-refractivity contribution in [3.8, 4) is 0 Å². The maximum absolute atomic E-state index is 14.3. The van der Waals surface area contributed by atoms with Crippen LogP contribution in [0.25, 0.3) is 0 Å². The van der Waals surface area contributed by atoms with Gasteiger partial charge in [-0.1, -0.05) is 24.3 Å². The molecule has 2 heterocycles. The Morgan fingerprint density at radius 3 is 2.35 bits per heavy atom. The summed E-state index contributed by atoms with van der Waals surface area (Å²) < 4.78 is 14.3. The molecule has 1 aliphatic heterocycles. The fourth-order valence-electron chi connectivity index (χ4n) is 2.73. The standard InChI is InChI=1S/C16H18FN3/c17-15-14(11-18)5-8-19-16(15)20-9-6-12-3-1-2-4-13(12)7-10-20/h1-5,8H,6-7,9-11,18H2. The molecular formula is C16H18FN3. The molecule has 1 aromatic carbocycles. The summed E-state index contributed by atoms with van der Waals surface area (Å²) in [7, 11) is 0. The van der Waals surface area contributed by atoms with Crippen LogP contribution in [0.2, 0.25) is 0 Å². The number of benzene rings is 1. The summed E-state index contributed by atoms with van der Waals surface area (Å²) in [5.74, 6) is 0.154. The van der Waals surface area contributed by atoms with Gasteiger partial charge in [-0.2, -0.15) is 0 Å². The maximum Gasteiger partial charge on any atom is 0.170 e. The third kappa shape index (κ3) is 2.39. The van der Waals surface area contributed by atoms with Crippen molar-refractivity contribution in [3.63, 3.8) is 0 Å². The van der Waals surface area contributed by atoms with Gasteiger partial charge in [0.05, 0.1) is 0 Å². The van der Waals surface area contributed by atoms with Crippen LogP contribution in [0.5, 0.6) is 0 Å². The van der Waals surface area contributed by atoms with Crippen molar-refractivity contribution in [2.75, 3.05) is 18.0 Å². The molecule has 0 saturated heterocycles. The van der Waals surface area contributed by atoms with E-state index in [-0.39, 0.29) is 12.4 Å². The lowest BCUT2D eigenvalue weighted by Crippen LogP contribution is -2.28. The maximum atomic E-state index is 14.3. The van der Waals surface area contributed by atoms with E-state index in [2.05, 4.69) is 29.2 Å². The van der Waals surface area contributed by atoms with E-state index in [0.29, 0.717) is 11.4 Å². The first-order chi connectivity index (χ1) is 9.79. The van der Waals surface area contributed by atoms with Crippen LogP contribution in [-0.4, -0.2) is 18.1 Å². The molecule has 1 aliphatic rings. The Morgan fingerprint density at radius 1 is 1.10 bits per heavy atom. The summed E-state index contributed by atoms with van der Waals surface area (Å²) >= 11 is 0. The third-order valence-electron chi connectivity index (χ3n) is 3.89. The average molecular weight is 271 g/mol. The lowest BCUT2D eigenvalue weighted by atomic mass is 10.0. The van der Waals surface area contributed by atoms with Crippen molar-refractivity contribution >= 4 is 5.82 Å². The molecule has 4 heteroatoms. The predicted molar refractivity (Wildman–Crippen MR) is 78.1 cm³/mol. The van der Waals surface area contributed by atoms with E-state index in [0.717, 1.165) is 25.9 Å². The van der Waals surface area contributed by atoms with Gasteiger partial charge in [-0.15, -0.1) is 0 Å². The second kappa shape index (κ2) is 5.59. The molecule has 0 fully saturated rings. The van der Waals surface area contributed by atoms with Crippen molar-refractivity contribution in [1.82, 2.24) is 4.98 Å². The van der Waals surface area contributed by atoms with Gasteiger partial charge in [0.1, 0.15) is 0 Å². The molecule has 104 valence electrons. The van der Waals surface area contributed by atoms with Crippen molar-refractivity contribution in [2.24, 2.45) is 5.73 Å². The number of nitrogens with zero attached hydrogens (tertiary/aromatic N) is 2. The Hall–Kier alpha value is -1.94. The van der Waals surface area contributed by atoms with Gasteiger partial charge in [-0.05, 0) is 30.0 Å². The van der Waals surface area contributed by atoms with E-state index in [1.807, 2.05) is 4.90 Å². The highest BCUT2D eigenvalue weighted by molar-refractivity contribution is 5.45. The first-order valence-electron chi connectivity index (χ1n) is 6.95. The number of aromatic nitrogens is 1. The van der Waals surface area contributed by atoms with Crippen LogP contribution in [0, 0.1) is 5.82 Å². The first-order valence-corrected chi connectivity index (χ1v) is 6.95. The zero-order valence-corrected chi connectivity index (χ0v) is 11.3. The van der Waals surface area contributed by atoms with E-state index in [1.165, 1.54) is 11.1 Å². The Morgan fingerprint density at radius 2 is 1.75 bits per heavy atom. The summed E-state index contributed by atoms with van der Waals surface area (Å²) in [5.41, 5.74) is 8.79. The Labute approximate surface area is 118 Å². The number of hydrogen-bond donors (Lipinski definition) is 1. The van der Waals surface area contributed by atoms with Crippen LogP contribution in [-0.2, 0) is 19.4 Å². The highest BCUT2D eigenvalue weighted by Gasteiger charge is 2.19. The normalized spacial score (nSPS) is 14.8. The van der Waals surface area contributed by atoms with Crippen LogP contribution >= 0.6 is 0 Å². The van der Waals surface area contributed by atoms with Crippen LogP contribution in [0.15, 0.2) is 36.5 Å². The van der Waals surface area contributed by atoms with Crippen molar-refractivity contribution in [3.05, 3.63) is 59.0 Å². The SMILES string of the molecule is NCc1ccnc(N2CCc3ccccc3CC2)c1F. The summed E-state index contributed by atoms with van der Waals surface area (Å²) in [6.45, 7) is 1.78. The van der Waals surface area contributed by atoms with Gasteiger partial charge >= 0.3 is 0 Å². The molecule has 2 aromatic rings. The molecule has 0 aliphatic carbocycles. The molecule has 0 atom stereocenters. The molecule has 1 aromatic heterocycles. The minimum absolute atomic E-state index is 0.204. The van der Waals surface area contributed by atoms with Gasteiger partial charge in [0.15, 0.2) is 11.6 Å². The number of pyridine rings is 1. The van der Waals surface area contributed by atoms with E-state index in [1.54, 1.807) is 12.3 Å².